The van der Waals surface area contributed by atoms with Crippen LogP contribution in [0.25, 0.3) is 33.2 Å². The molecule has 0 radical (unpaired) electrons. The standard InChI is InChI=1S/C45H57N5O8/c1-10-30-24(3)34-21-36-26(5)32(14-15-40(53)57-8)43(49-36)33(20-41(54)58-9)44-42(45(55)46-18-16-28(51)12-13-29(52)17-19-56-7)27(6)37(50-44)23-39-31(11-2)25(4)35(48-39)22-38(30)47-34/h21-23,26,32,47-48H,10-20H2,1-9H3,(H,46,55). The second kappa shape index (κ2) is 19.3. The third-order valence-electron chi connectivity index (χ3n) is 11.6. The average molecular weight is 796 g/mol. The molecule has 1 amide bonds. The van der Waals surface area contributed by atoms with E-state index in [0.717, 1.165) is 57.3 Å². The molecule has 3 aromatic heterocycles. The summed E-state index contributed by atoms with van der Waals surface area (Å²) in [6.45, 7) is 12.6. The van der Waals surface area contributed by atoms with Crippen LogP contribution in [0.3, 0.4) is 0 Å². The maximum atomic E-state index is 14.4. The summed E-state index contributed by atoms with van der Waals surface area (Å²) in [5, 5.41) is 2.91. The Labute approximate surface area is 339 Å². The molecule has 2 aliphatic rings. The Bertz CT molecular complexity index is 2300. The van der Waals surface area contributed by atoms with E-state index in [1.54, 1.807) is 0 Å². The number of aromatic nitrogens is 4. The van der Waals surface area contributed by atoms with Gasteiger partial charge in [0.05, 0.1) is 49.9 Å². The molecule has 2 aliphatic heterocycles. The summed E-state index contributed by atoms with van der Waals surface area (Å²) in [4.78, 5) is 82.7. The SMILES string of the molecule is CCc1c(C)c2cc3[nH]c(cc4nc(c(CC(=O)OC)c5nc(cc1[nH]2)C(C)=C5C(=O)NCCC(=O)CCC(=O)CCOC)C(CCC(=O)OC)C4C)c(C)c3CC. The van der Waals surface area contributed by atoms with E-state index in [-0.39, 0.29) is 85.7 Å². The van der Waals surface area contributed by atoms with Crippen LogP contribution in [-0.4, -0.2) is 83.8 Å². The minimum Gasteiger partial charge on any atom is -0.469 e. The number of ether oxygens (including phenoxy) is 3. The number of methoxy groups -OCH3 is 3. The van der Waals surface area contributed by atoms with Crippen molar-refractivity contribution in [3.8, 4) is 0 Å². The van der Waals surface area contributed by atoms with Gasteiger partial charge in [-0.2, -0.15) is 0 Å². The van der Waals surface area contributed by atoms with Gasteiger partial charge in [0.15, 0.2) is 0 Å². The van der Waals surface area contributed by atoms with Crippen molar-refractivity contribution in [2.45, 2.75) is 111 Å². The van der Waals surface area contributed by atoms with E-state index in [2.05, 4.69) is 56.0 Å². The zero-order valence-corrected chi connectivity index (χ0v) is 35.3. The van der Waals surface area contributed by atoms with Crippen molar-refractivity contribution in [1.82, 2.24) is 25.3 Å². The van der Waals surface area contributed by atoms with Crippen LogP contribution in [0.2, 0.25) is 0 Å². The molecule has 13 heteroatoms. The highest BCUT2D eigenvalue weighted by atomic mass is 16.5. The molecule has 0 aliphatic carbocycles. The summed E-state index contributed by atoms with van der Waals surface area (Å²) in [5.41, 5.74) is 11.6. The molecule has 5 heterocycles. The van der Waals surface area contributed by atoms with Crippen LogP contribution < -0.4 is 5.32 Å². The predicted molar refractivity (Wildman–Crippen MR) is 223 cm³/mol. The number of allylic oxidation sites excluding steroid dienone is 1. The first-order valence-electron chi connectivity index (χ1n) is 20.2. The first-order chi connectivity index (χ1) is 27.8. The zero-order chi connectivity index (χ0) is 42.3. The van der Waals surface area contributed by atoms with Gasteiger partial charge < -0.3 is 29.5 Å². The smallest absolute Gasteiger partial charge is 0.310 e. The van der Waals surface area contributed by atoms with Crippen molar-refractivity contribution < 1.29 is 38.2 Å². The Morgan fingerprint density at radius 2 is 1.33 bits per heavy atom. The number of aromatic amines is 2. The Hall–Kier alpha value is -5.43. The van der Waals surface area contributed by atoms with Crippen LogP contribution in [0, 0.1) is 13.8 Å². The number of carbonyl (C=O) groups is 5. The first kappa shape index (κ1) is 43.7. The number of fused-ring (bicyclic) bond motifs is 8. The molecule has 3 aromatic rings. The monoisotopic (exact) mass is 795 g/mol. The van der Waals surface area contributed by atoms with Gasteiger partial charge in [-0.05, 0) is 86.1 Å². The summed E-state index contributed by atoms with van der Waals surface area (Å²) < 4.78 is 15.2. The minimum absolute atomic E-state index is 0.0396. The minimum atomic E-state index is -0.544. The summed E-state index contributed by atoms with van der Waals surface area (Å²) in [6, 6.07) is 6.13. The molecule has 13 nitrogen and oxygen atoms in total. The molecule has 5 rings (SSSR count). The molecular weight excluding hydrogens is 739 g/mol. The Kier molecular flexibility index (Phi) is 14.6. The number of hydrogen-bond donors (Lipinski definition) is 3. The molecule has 0 spiro atoms. The third-order valence-corrected chi connectivity index (χ3v) is 11.6. The van der Waals surface area contributed by atoms with E-state index in [1.165, 1.54) is 26.9 Å². The van der Waals surface area contributed by atoms with E-state index in [0.29, 0.717) is 35.6 Å². The van der Waals surface area contributed by atoms with Gasteiger partial charge in [0.1, 0.15) is 11.6 Å². The number of ketones is 2. The fourth-order valence-corrected chi connectivity index (χ4v) is 8.08. The number of Topliss-reactive ketones (excluding diaryl/α,β-unsaturated/α-hetero) is 2. The lowest BCUT2D eigenvalue weighted by molar-refractivity contribution is -0.141. The molecule has 8 bridgehead atoms. The lowest BCUT2D eigenvalue weighted by Crippen LogP contribution is -2.27. The van der Waals surface area contributed by atoms with Gasteiger partial charge in [0.2, 0.25) is 0 Å². The van der Waals surface area contributed by atoms with Crippen molar-refractivity contribution in [3.05, 3.63) is 68.8 Å². The van der Waals surface area contributed by atoms with E-state index < -0.39 is 11.9 Å². The van der Waals surface area contributed by atoms with Gasteiger partial charge in [-0.3, -0.25) is 29.0 Å². The quantitative estimate of drug-likeness (QED) is 0.120. The van der Waals surface area contributed by atoms with Crippen LogP contribution in [0.15, 0.2) is 18.2 Å². The van der Waals surface area contributed by atoms with Crippen molar-refractivity contribution in [1.29, 1.82) is 0 Å². The molecule has 0 saturated heterocycles. The van der Waals surface area contributed by atoms with Gasteiger partial charge >= 0.3 is 11.9 Å². The lowest BCUT2D eigenvalue weighted by Gasteiger charge is -2.18. The number of hydrogen-bond acceptors (Lipinski definition) is 10. The molecule has 0 fully saturated rings. The topological polar surface area (TPSA) is 182 Å². The maximum Gasteiger partial charge on any atom is 0.310 e. The largest absolute Gasteiger partial charge is 0.469 e. The molecule has 2 unspecified atom stereocenters. The van der Waals surface area contributed by atoms with Crippen LogP contribution >= 0.6 is 0 Å². The zero-order valence-electron chi connectivity index (χ0n) is 35.3. The number of esters is 2. The van der Waals surface area contributed by atoms with Gasteiger partial charge in [-0.1, -0.05) is 20.8 Å². The Morgan fingerprint density at radius 1 is 0.724 bits per heavy atom. The van der Waals surface area contributed by atoms with E-state index in [4.69, 9.17) is 24.2 Å². The van der Waals surface area contributed by atoms with Crippen LogP contribution in [0.4, 0.5) is 0 Å². The van der Waals surface area contributed by atoms with E-state index >= 15 is 0 Å². The number of carbonyl (C=O) groups excluding carboxylic acids is 5. The van der Waals surface area contributed by atoms with Crippen molar-refractivity contribution in [2.75, 3.05) is 34.5 Å². The lowest BCUT2D eigenvalue weighted by atomic mass is 9.84. The Balaban J connectivity index is 1.77. The highest BCUT2D eigenvalue weighted by Gasteiger charge is 2.36. The number of H-pyrrole nitrogens is 2. The van der Waals surface area contributed by atoms with Crippen LogP contribution in [0.5, 0.6) is 0 Å². The second-order valence-corrected chi connectivity index (χ2v) is 15.1. The number of amides is 1. The molecule has 0 aromatic carbocycles. The Morgan fingerprint density at radius 3 is 1.93 bits per heavy atom. The molecular formula is C45H57N5O8. The third kappa shape index (κ3) is 9.47. The summed E-state index contributed by atoms with van der Waals surface area (Å²) >= 11 is 0. The summed E-state index contributed by atoms with van der Waals surface area (Å²) in [6.07, 6.45) is 2.29. The highest BCUT2D eigenvalue weighted by molar-refractivity contribution is 6.27. The summed E-state index contributed by atoms with van der Waals surface area (Å²) in [5.74, 6) is -2.10. The average Bonchev–Trinajstić information content (AvgIpc) is 3.89. The number of aryl methyl sites for hydroxylation is 4. The number of rotatable bonds is 17. The fraction of sp³-hybridized carbons (Fsp3) is 0.489. The first-order valence-corrected chi connectivity index (χ1v) is 20.2. The van der Waals surface area contributed by atoms with Crippen molar-refractivity contribution in [3.63, 3.8) is 0 Å². The van der Waals surface area contributed by atoms with Crippen molar-refractivity contribution in [2.24, 2.45) is 0 Å². The second-order valence-electron chi connectivity index (χ2n) is 15.1. The van der Waals surface area contributed by atoms with Crippen LogP contribution in [0.1, 0.15) is 129 Å². The van der Waals surface area contributed by atoms with E-state index in [1.807, 2.05) is 19.1 Å². The molecule has 58 heavy (non-hydrogen) atoms. The van der Waals surface area contributed by atoms with Gasteiger partial charge in [0.25, 0.3) is 5.91 Å². The molecule has 3 N–H and O–H groups in total. The number of nitrogens with one attached hydrogen (secondary N) is 3. The molecule has 2 atom stereocenters. The fourth-order valence-electron chi connectivity index (χ4n) is 8.08. The van der Waals surface area contributed by atoms with Gasteiger partial charge in [-0.15, -0.1) is 0 Å². The highest BCUT2D eigenvalue weighted by Crippen LogP contribution is 2.44. The van der Waals surface area contributed by atoms with Crippen LogP contribution in [-0.2, 0) is 57.4 Å². The molecule has 0 saturated carbocycles. The van der Waals surface area contributed by atoms with Crippen molar-refractivity contribution >= 4 is 62.6 Å². The normalized spacial score (nSPS) is 15.1. The summed E-state index contributed by atoms with van der Waals surface area (Å²) in [7, 11) is 4.18. The van der Waals surface area contributed by atoms with Gasteiger partial charge in [-0.25, -0.2) is 4.98 Å². The molecule has 310 valence electrons. The predicted octanol–water partition coefficient (Wildman–Crippen LogP) is 7.00. The maximum absolute atomic E-state index is 14.4. The van der Waals surface area contributed by atoms with E-state index in [9.17, 15) is 24.0 Å². The number of nitrogens with zero attached hydrogens (tertiary/aromatic N) is 2. The van der Waals surface area contributed by atoms with Gasteiger partial charge in [0, 0.05) is 90.9 Å².